The molecule has 3 N–H and O–H groups in total. The number of aromatic hydroxyl groups is 1. The van der Waals surface area contributed by atoms with Gasteiger partial charge in [0.15, 0.2) is 11.4 Å². The minimum absolute atomic E-state index is 0.0111. The van der Waals surface area contributed by atoms with Crippen LogP contribution in [0.2, 0.25) is 0 Å². The number of hydrazine groups is 1. The number of nitrogens with one attached hydrogen (secondary N) is 2. The van der Waals surface area contributed by atoms with Gasteiger partial charge in [0.05, 0.1) is 16.8 Å². The molecule has 2 atom stereocenters. The molecule has 0 spiro atoms. The number of para-hydroxylation sites is 1. The number of piperidine rings is 1. The van der Waals surface area contributed by atoms with Crippen LogP contribution < -0.4 is 10.9 Å². The summed E-state index contributed by atoms with van der Waals surface area (Å²) in [6.07, 6.45) is 2.25. The molecule has 35 heavy (non-hydrogen) atoms. The highest BCUT2D eigenvalue weighted by atomic mass is 32.2. The molecule has 1 saturated heterocycles. The van der Waals surface area contributed by atoms with Crippen LogP contribution >= 0.6 is 0 Å². The van der Waals surface area contributed by atoms with Crippen LogP contribution in [-0.4, -0.2) is 52.5 Å². The number of hydrogen-bond acceptors (Lipinski definition) is 6. The Morgan fingerprint density at radius 3 is 2.31 bits per heavy atom. The largest absolute Gasteiger partial charge is 0.504 e. The molecule has 184 valence electrons. The lowest BCUT2D eigenvalue weighted by molar-refractivity contribution is 0.0842. The molecule has 10 nitrogen and oxygen atoms in total. The molecular formula is C24H27N5O5S. The first-order valence-corrected chi connectivity index (χ1v) is 12.6. The van der Waals surface area contributed by atoms with Crippen LogP contribution in [0.15, 0.2) is 65.7 Å². The van der Waals surface area contributed by atoms with E-state index in [1.807, 2.05) is 19.9 Å². The van der Waals surface area contributed by atoms with E-state index in [0.717, 1.165) is 6.42 Å². The van der Waals surface area contributed by atoms with Crippen LogP contribution in [0.4, 0.5) is 0 Å². The van der Waals surface area contributed by atoms with Gasteiger partial charge in [-0.15, -0.1) is 0 Å². The van der Waals surface area contributed by atoms with E-state index in [0.29, 0.717) is 18.8 Å². The molecule has 4 rings (SSSR count). The van der Waals surface area contributed by atoms with Crippen LogP contribution in [0.5, 0.6) is 5.75 Å². The van der Waals surface area contributed by atoms with Gasteiger partial charge in [-0.2, -0.15) is 9.40 Å². The Labute approximate surface area is 203 Å². The lowest BCUT2D eigenvalue weighted by Gasteiger charge is -2.34. The Bertz CT molecular complexity index is 1330. The maximum absolute atomic E-state index is 13.1. The van der Waals surface area contributed by atoms with Crippen molar-refractivity contribution in [1.29, 1.82) is 0 Å². The van der Waals surface area contributed by atoms with Gasteiger partial charge < -0.3 is 5.11 Å². The molecule has 1 aromatic heterocycles. The second kappa shape index (κ2) is 9.88. The van der Waals surface area contributed by atoms with Crippen LogP contribution in [-0.2, 0) is 10.0 Å². The number of hydrogen-bond donors (Lipinski definition) is 3. The van der Waals surface area contributed by atoms with Crippen molar-refractivity contribution in [3.8, 4) is 11.4 Å². The molecule has 1 aliphatic heterocycles. The fourth-order valence-corrected chi connectivity index (χ4v) is 5.96. The zero-order valence-electron chi connectivity index (χ0n) is 19.4. The number of carbonyl (C=O) groups is 2. The third-order valence-electron chi connectivity index (χ3n) is 5.79. The molecule has 11 heteroatoms. The number of amides is 2. The average molecular weight is 498 g/mol. The van der Waals surface area contributed by atoms with E-state index >= 15 is 0 Å². The van der Waals surface area contributed by atoms with Gasteiger partial charge in [-0.05, 0) is 48.6 Å². The molecule has 0 bridgehead atoms. The van der Waals surface area contributed by atoms with E-state index in [9.17, 15) is 23.1 Å². The zero-order valence-corrected chi connectivity index (χ0v) is 20.2. The highest BCUT2D eigenvalue weighted by Crippen LogP contribution is 2.27. The smallest absolute Gasteiger partial charge is 0.294 e. The van der Waals surface area contributed by atoms with Crippen LogP contribution in [0.1, 0.15) is 41.1 Å². The zero-order chi connectivity index (χ0) is 25.2. The normalized spacial score (nSPS) is 18.7. The predicted octanol–water partition coefficient (Wildman–Crippen LogP) is 2.32. The Hall–Kier alpha value is -3.70. The summed E-state index contributed by atoms with van der Waals surface area (Å²) >= 11 is 0. The first kappa shape index (κ1) is 24.4. The Morgan fingerprint density at radius 1 is 0.971 bits per heavy atom. The number of sulfonamides is 1. The molecule has 2 unspecified atom stereocenters. The SMILES string of the molecule is CC1CC(C)CN(S(=O)(=O)c2cccc(C(=O)NNC(=O)c3nn(-c4ccccc4)cc3O)c2)C1. The van der Waals surface area contributed by atoms with E-state index in [2.05, 4.69) is 16.0 Å². The van der Waals surface area contributed by atoms with E-state index in [1.165, 1.54) is 39.4 Å². The Balaban J connectivity index is 1.44. The molecule has 2 amide bonds. The first-order valence-electron chi connectivity index (χ1n) is 11.2. The van der Waals surface area contributed by atoms with Crippen LogP contribution in [0.3, 0.4) is 0 Å². The number of rotatable bonds is 5. The molecule has 3 aromatic rings. The van der Waals surface area contributed by atoms with Gasteiger partial charge in [-0.3, -0.25) is 20.4 Å². The number of carbonyl (C=O) groups excluding carboxylic acids is 2. The van der Waals surface area contributed by atoms with Crippen molar-refractivity contribution < 1.29 is 23.1 Å². The molecule has 0 radical (unpaired) electrons. The quantitative estimate of drug-likeness (QED) is 0.463. The van der Waals surface area contributed by atoms with Gasteiger partial charge in [-0.1, -0.05) is 38.1 Å². The van der Waals surface area contributed by atoms with Gasteiger partial charge in [0, 0.05) is 18.7 Å². The van der Waals surface area contributed by atoms with Gasteiger partial charge in [-0.25, -0.2) is 13.1 Å². The lowest BCUT2D eigenvalue weighted by atomic mass is 9.94. The summed E-state index contributed by atoms with van der Waals surface area (Å²) in [6.45, 7) is 4.90. The third-order valence-corrected chi connectivity index (χ3v) is 7.62. The van der Waals surface area contributed by atoms with E-state index in [1.54, 1.807) is 24.3 Å². The molecule has 1 fully saturated rings. The Kier molecular flexibility index (Phi) is 6.90. The number of benzene rings is 2. The van der Waals surface area contributed by atoms with Crippen LogP contribution in [0, 0.1) is 11.8 Å². The second-order valence-electron chi connectivity index (χ2n) is 8.85. The highest BCUT2D eigenvalue weighted by molar-refractivity contribution is 7.89. The van der Waals surface area contributed by atoms with Crippen molar-refractivity contribution >= 4 is 21.8 Å². The standard InChI is InChI=1S/C24H27N5O5S/c1-16-11-17(2)14-28(13-16)35(33,34)20-10-6-7-18(12-20)23(31)25-26-24(32)22-21(30)15-29(27-22)19-8-4-3-5-9-19/h3-10,12,15-17,30H,11,13-14H2,1-2H3,(H,25,31)(H,26,32). The summed E-state index contributed by atoms with van der Waals surface area (Å²) in [5.74, 6) is -1.41. The minimum Gasteiger partial charge on any atom is -0.504 e. The fraction of sp³-hybridized carbons (Fsp3) is 0.292. The first-order chi connectivity index (χ1) is 16.6. The van der Waals surface area contributed by atoms with E-state index in [4.69, 9.17) is 0 Å². The van der Waals surface area contributed by atoms with Crippen LogP contribution in [0.25, 0.3) is 5.69 Å². The number of nitrogens with zero attached hydrogens (tertiary/aromatic N) is 3. The van der Waals surface area contributed by atoms with Gasteiger partial charge in [0.1, 0.15) is 0 Å². The highest BCUT2D eigenvalue weighted by Gasteiger charge is 2.32. The van der Waals surface area contributed by atoms with Gasteiger partial charge in [0.2, 0.25) is 10.0 Å². The summed E-state index contributed by atoms with van der Waals surface area (Å²) < 4.78 is 29.1. The fourth-order valence-electron chi connectivity index (χ4n) is 4.23. The van der Waals surface area contributed by atoms with Crippen molar-refractivity contribution in [2.75, 3.05) is 13.1 Å². The van der Waals surface area contributed by atoms with Crippen molar-refractivity contribution in [1.82, 2.24) is 24.9 Å². The van der Waals surface area contributed by atoms with Gasteiger partial charge >= 0.3 is 0 Å². The van der Waals surface area contributed by atoms with E-state index < -0.39 is 21.8 Å². The van der Waals surface area contributed by atoms with Crippen molar-refractivity contribution in [2.45, 2.75) is 25.2 Å². The van der Waals surface area contributed by atoms with Crippen molar-refractivity contribution in [3.63, 3.8) is 0 Å². The summed E-state index contributed by atoms with van der Waals surface area (Å²) in [5, 5.41) is 14.2. The molecule has 0 aliphatic carbocycles. The molecular weight excluding hydrogens is 470 g/mol. The topological polar surface area (TPSA) is 134 Å². The molecule has 2 heterocycles. The second-order valence-corrected chi connectivity index (χ2v) is 10.8. The molecule has 0 saturated carbocycles. The third kappa shape index (κ3) is 5.36. The van der Waals surface area contributed by atoms with Crippen molar-refractivity contribution in [3.05, 3.63) is 72.1 Å². The monoisotopic (exact) mass is 497 g/mol. The summed E-state index contributed by atoms with van der Waals surface area (Å²) in [6, 6.07) is 14.6. The Morgan fingerprint density at radius 2 is 1.63 bits per heavy atom. The summed E-state index contributed by atoms with van der Waals surface area (Å²) in [5.41, 5.74) is 4.86. The van der Waals surface area contributed by atoms with Gasteiger partial charge in [0.25, 0.3) is 11.8 Å². The molecule has 2 aromatic carbocycles. The molecule has 1 aliphatic rings. The van der Waals surface area contributed by atoms with Crippen molar-refractivity contribution in [2.24, 2.45) is 11.8 Å². The number of aromatic nitrogens is 2. The maximum atomic E-state index is 13.1. The summed E-state index contributed by atoms with van der Waals surface area (Å²) in [4.78, 5) is 25.1. The maximum Gasteiger partial charge on any atom is 0.294 e. The predicted molar refractivity (Wildman–Crippen MR) is 128 cm³/mol. The minimum atomic E-state index is -3.77. The average Bonchev–Trinajstić information content (AvgIpc) is 3.24. The lowest BCUT2D eigenvalue weighted by Crippen LogP contribution is -2.43. The van der Waals surface area contributed by atoms with E-state index in [-0.39, 0.29) is 33.7 Å². The summed E-state index contributed by atoms with van der Waals surface area (Å²) in [7, 11) is -3.77.